The Bertz CT molecular complexity index is 407. The molecule has 1 atom stereocenters. The van der Waals surface area contributed by atoms with Crippen LogP contribution in [0.4, 0.5) is 0 Å². The first-order valence-corrected chi connectivity index (χ1v) is 6.35. The zero-order valence-corrected chi connectivity index (χ0v) is 9.95. The van der Waals surface area contributed by atoms with E-state index in [0.29, 0.717) is 12.3 Å². The van der Waals surface area contributed by atoms with Crippen LogP contribution in [0.1, 0.15) is 22.5 Å². The predicted molar refractivity (Wildman–Crippen MR) is 64.2 cm³/mol. The Morgan fingerprint density at radius 1 is 1.35 bits per heavy atom. The van der Waals surface area contributed by atoms with Gasteiger partial charge in [-0.15, -0.1) is 0 Å². The Kier molecular flexibility index (Phi) is 2.99. The van der Waals surface area contributed by atoms with Crippen molar-refractivity contribution in [1.29, 1.82) is 0 Å². The number of carbonyl (C=O) groups is 1. The molecule has 17 heavy (non-hydrogen) atoms. The fourth-order valence-corrected chi connectivity index (χ4v) is 2.84. The van der Waals surface area contributed by atoms with Crippen LogP contribution in [-0.2, 0) is 6.42 Å². The molecule has 3 rings (SSSR count). The maximum atomic E-state index is 11.9. The second kappa shape index (κ2) is 4.63. The van der Waals surface area contributed by atoms with Crippen LogP contribution in [0.2, 0.25) is 0 Å². The van der Waals surface area contributed by atoms with Crippen molar-refractivity contribution in [1.82, 2.24) is 10.2 Å². The molecule has 1 fully saturated rings. The van der Waals surface area contributed by atoms with E-state index in [-0.39, 0.29) is 5.78 Å². The highest BCUT2D eigenvalue weighted by molar-refractivity contribution is 5.98. The molecule has 1 N–H and O–H groups in total. The number of hydrogen-bond acceptors (Lipinski definition) is 4. The molecule has 4 heteroatoms. The number of rotatable bonds is 2. The Labute approximate surface area is 101 Å². The van der Waals surface area contributed by atoms with Crippen molar-refractivity contribution in [2.75, 3.05) is 32.7 Å². The Hall–Kier alpha value is -1.13. The lowest BCUT2D eigenvalue weighted by atomic mass is 9.87. The van der Waals surface area contributed by atoms with E-state index in [9.17, 15) is 4.79 Å². The summed E-state index contributed by atoms with van der Waals surface area (Å²) in [7, 11) is 0. The van der Waals surface area contributed by atoms with Crippen LogP contribution >= 0.6 is 0 Å². The summed E-state index contributed by atoms with van der Waals surface area (Å²) in [6, 6.07) is 1.80. The Morgan fingerprint density at radius 2 is 2.18 bits per heavy atom. The molecule has 1 aliphatic heterocycles. The van der Waals surface area contributed by atoms with Gasteiger partial charge in [0.2, 0.25) is 0 Å². The van der Waals surface area contributed by atoms with Gasteiger partial charge in [0.15, 0.2) is 5.78 Å². The molecular formula is C13H18N2O2. The second-order valence-corrected chi connectivity index (χ2v) is 5.01. The smallest absolute Gasteiger partial charge is 0.166 e. The lowest BCUT2D eigenvalue weighted by Gasteiger charge is -2.31. The number of hydrogen-bond donors (Lipinski definition) is 1. The molecule has 0 unspecified atom stereocenters. The van der Waals surface area contributed by atoms with Crippen molar-refractivity contribution in [3.05, 3.63) is 23.7 Å². The van der Waals surface area contributed by atoms with Gasteiger partial charge in [0.25, 0.3) is 0 Å². The van der Waals surface area contributed by atoms with E-state index in [2.05, 4.69) is 10.2 Å². The van der Waals surface area contributed by atoms with Crippen LogP contribution in [0.3, 0.4) is 0 Å². The summed E-state index contributed by atoms with van der Waals surface area (Å²) in [5, 5.41) is 3.35. The molecule has 92 valence electrons. The summed E-state index contributed by atoms with van der Waals surface area (Å²) in [4.78, 5) is 14.4. The number of nitrogens with one attached hydrogen (secondary N) is 1. The minimum Gasteiger partial charge on any atom is -0.469 e. The Morgan fingerprint density at radius 3 is 3.00 bits per heavy atom. The third kappa shape index (κ3) is 2.28. The lowest BCUT2D eigenvalue weighted by Crippen LogP contribution is -2.46. The van der Waals surface area contributed by atoms with Crippen molar-refractivity contribution < 1.29 is 9.21 Å². The van der Waals surface area contributed by atoms with Crippen molar-refractivity contribution in [3.8, 4) is 0 Å². The number of Topliss-reactive ketones (excluding diaryl/α,β-unsaturated/α-hetero) is 1. The number of fused-ring (bicyclic) bond motifs is 1. The van der Waals surface area contributed by atoms with Gasteiger partial charge in [0.05, 0.1) is 11.8 Å². The first-order chi connectivity index (χ1) is 8.33. The van der Waals surface area contributed by atoms with E-state index in [4.69, 9.17) is 4.42 Å². The van der Waals surface area contributed by atoms with Crippen LogP contribution in [0.5, 0.6) is 0 Å². The van der Waals surface area contributed by atoms with E-state index in [1.165, 1.54) is 0 Å². The summed E-state index contributed by atoms with van der Waals surface area (Å²) < 4.78 is 5.39. The highest BCUT2D eigenvalue weighted by Crippen LogP contribution is 2.26. The lowest BCUT2D eigenvalue weighted by molar-refractivity contribution is 0.0920. The van der Waals surface area contributed by atoms with Crippen LogP contribution in [0.25, 0.3) is 0 Å². The van der Waals surface area contributed by atoms with Gasteiger partial charge in [-0.05, 0) is 12.0 Å². The standard InChI is InChI=1S/C13H18N2O2/c16-12-7-10(8-13-11(12)1-6-17-13)9-15-4-2-14-3-5-15/h1,6,10,14H,2-5,7-9H2/t10-/m1/s1. The van der Waals surface area contributed by atoms with Gasteiger partial charge in [0, 0.05) is 45.6 Å². The SMILES string of the molecule is O=C1C[C@@H](CN2CCNCC2)Cc2occc21. The zero-order chi connectivity index (χ0) is 11.7. The van der Waals surface area contributed by atoms with Crippen molar-refractivity contribution in [2.45, 2.75) is 12.8 Å². The third-order valence-corrected chi connectivity index (χ3v) is 3.72. The summed E-state index contributed by atoms with van der Waals surface area (Å²) in [6.45, 7) is 5.33. The van der Waals surface area contributed by atoms with E-state index >= 15 is 0 Å². The normalized spacial score (nSPS) is 25.9. The maximum absolute atomic E-state index is 11.9. The van der Waals surface area contributed by atoms with Crippen LogP contribution in [-0.4, -0.2) is 43.4 Å². The molecule has 1 aromatic rings. The molecule has 1 saturated heterocycles. The fraction of sp³-hybridized carbons (Fsp3) is 0.615. The minimum atomic E-state index is 0.250. The van der Waals surface area contributed by atoms with Crippen molar-refractivity contribution >= 4 is 5.78 Å². The molecule has 0 amide bonds. The first kappa shape index (κ1) is 11.0. The quantitative estimate of drug-likeness (QED) is 0.827. The fourth-order valence-electron chi connectivity index (χ4n) is 2.84. The number of carbonyl (C=O) groups excluding carboxylic acids is 1. The van der Waals surface area contributed by atoms with Crippen LogP contribution in [0, 0.1) is 5.92 Å². The summed E-state index contributed by atoms with van der Waals surface area (Å²) in [5.74, 6) is 1.57. The predicted octanol–water partition coefficient (Wildman–Crippen LogP) is 0.930. The molecule has 1 aromatic heterocycles. The first-order valence-electron chi connectivity index (χ1n) is 6.35. The van der Waals surface area contributed by atoms with Gasteiger partial charge in [-0.25, -0.2) is 0 Å². The molecular weight excluding hydrogens is 216 g/mol. The number of ketones is 1. The molecule has 0 bridgehead atoms. The number of furan rings is 1. The summed E-state index contributed by atoms with van der Waals surface area (Å²) in [6.07, 6.45) is 3.23. The van der Waals surface area contributed by atoms with Gasteiger partial charge >= 0.3 is 0 Å². The van der Waals surface area contributed by atoms with Crippen molar-refractivity contribution in [2.24, 2.45) is 5.92 Å². The minimum absolute atomic E-state index is 0.250. The molecule has 0 aromatic carbocycles. The van der Waals surface area contributed by atoms with Crippen molar-refractivity contribution in [3.63, 3.8) is 0 Å². The van der Waals surface area contributed by atoms with E-state index in [1.807, 2.05) is 0 Å². The van der Waals surface area contributed by atoms with Gasteiger partial charge in [0.1, 0.15) is 5.76 Å². The molecule has 2 aliphatic rings. The largest absolute Gasteiger partial charge is 0.469 e. The van der Waals surface area contributed by atoms with Gasteiger partial charge < -0.3 is 14.6 Å². The molecule has 1 aliphatic carbocycles. The van der Waals surface area contributed by atoms with Gasteiger partial charge in [-0.3, -0.25) is 4.79 Å². The van der Waals surface area contributed by atoms with Crippen LogP contribution in [0.15, 0.2) is 16.7 Å². The maximum Gasteiger partial charge on any atom is 0.166 e. The van der Waals surface area contributed by atoms with E-state index in [0.717, 1.165) is 50.5 Å². The zero-order valence-electron chi connectivity index (χ0n) is 9.95. The van der Waals surface area contributed by atoms with Crippen LogP contribution < -0.4 is 5.32 Å². The van der Waals surface area contributed by atoms with Gasteiger partial charge in [-0.2, -0.15) is 0 Å². The summed E-state index contributed by atoms with van der Waals surface area (Å²) in [5.41, 5.74) is 0.807. The van der Waals surface area contributed by atoms with E-state index in [1.54, 1.807) is 12.3 Å². The summed E-state index contributed by atoms with van der Waals surface area (Å²) >= 11 is 0. The second-order valence-electron chi connectivity index (χ2n) is 5.01. The monoisotopic (exact) mass is 234 g/mol. The molecule has 2 heterocycles. The third-order valence-electron chi connectivity index (χ3n) is 3.72. The average molecular weight is 234 g/mol. The topological polar surface area (TPSA) is 45.5 Å². The number of piperazine rings is 1. The molecule has 0 saturated carbocycles. The van der Waals surface area contributed by atoms with E-state index < -0.39 is 0 Å². The molecule has 4 nitrogen and oxygen atoms in total. The van der Waals surface area contributed by atoms with Gasteiger partial charge in [-0.1, -0.05) is 0 Å². The highest BCUT2D eigenvalue weighted by atomic mass is 16.3. The Balaban J connectivity index is 1.64. The molecule has 0 radical (unpaired) electrons. The number of nitrogens with zero attached hydrogens (tertiary/aromatic N) is 1. The average Bonchev–Trinajstić information content (AvgIpc) is 2.79. The highest BCUT2D eigenvalue weighted by Gasteiger charge is 2.28. The molecule has 0 spiro atoms.